The van der Waals surface area contributed by atoms with Crippen molar-refractivity contribution in [2.45, 2.75) is 43.9 Å². The van der Waals surface area contributed by atoms with E-state index in [1.807, 2.05) is 24.3 Å². The lowest BCUT2D eigenvalue weighted by Gasteiger charge is -2.14. The molecule has 5 N–H and O–H groups in total. The van der Waals surface area contributed by atoms with Crippen molar-refractivity contribution in [1.82, 2.24) is 10.2 Å². The van der Waals surface area contributed by atoms with Crippen LogP contribution < -0.4 is 21.7 Å². The molecular weight excluding hydrogens is 490 g/mol. The second kappa shape index (κ2) is 11.0. The summed E-state index contributed by atoms with van der Waals surface area (Å²) >= 11 is 0. The number of carbonyl (C=O) groups excluding carboxylic acids is 2. The Bertz CT molecular complexity index is 1320. The molecule has 3 aliphatic rings. The van der Waals surface area contributed by atoms with Gasteiger partial charge in [0.25, 0.3) is 5.91 Å². The Morgan fingerprint density at radius 1 is 0.974 bits per heavy atom. The van der Waals surface area contributed by atoms with Crippen molar-refractivity contribution in [3.05, 3.63) is 89.5 Å². The number of para-hydroxylation sites is 2. The number of nitrogen functional groups attached to an aromatic ring is 1. The number of hydrogen-bond acceptors (Lipinski definition) is 6. The lowest BCUT2D eigenvalue weighted by Crippen LogP contribution is -2.27. The SMILES string of the molecule is Nc1ccccc1NC(=O)c1ccc(CN2CC(CNc3ccc([C@H]4CC4NCC4CC4)cc3)OC2=O)cc1. The maximum Gasteiger partial charge on any atom is 0.410 e. The zero-order valence-electron chi connectivity index (χ0n) is 21.9. The van der Waals surface area contributed by atoms with Crippen LogP contribution >= 0.6 is 0 Å². The molecule has 1 aliphatic heterocycles. The molecule has 1 heterocycles. The molecule has 8 nitrogen and oxygen atoms in total. The summed E-state index contributed by atoms with van der Waals surface area (Å²) < 4.78 is 5.58. The molecule has 3 aromatic carbocycles. The quantitative estimate of drug-likeness (QED) is 0.268. The molecule has 2 amide bonds. The van der Waals surface area contributed by atoms with Gasteiger partial charge < -0.3 is 31.3 Å². The van der Waals surface area contributed by atoms with E-state index < -0.39 is 0 Å². The fourth-order valence-electron chi connectivity index (χ4n) is 5.11. The average molecular weight is 526 g/mol. The summed E-state index contributed by atoms with van der Waals surface area (Å²) in [5, 5.41) is 9.93. The summed E-state index contributed by atoms with van der Waals surface area (Å²) in [7, 11) is 0. The molecule has 3 atom stereocenters. The first-order valence-corrected chi connectivity index (χ1v) is 13.8. The first kappa shape index (κ1) is 25.2. The highest BCUT2D eigenvalue weighted by Gasteiger charge is 2.39. The number of nitrogens with two attached hydrogens (primary N) is 1. The predicted octanol–water partition coefficient (Wildman–Crippen LogP) is 4.81. The number of carbonyl (C=O) groups is 2. The van der Waals surface area contributed by atoms with Crippen LogP contribution in [0.2, 0.25) is 0 Å². The third-order valence-corrected chi connectivity index (χ3v) is 7.78. The van der Waals surface area contributed by atoms with Crippen LogP contribution in [0.5, 0.6) is 0 Å². The number of benzene rings is 3. The van der Waals surface area contributed by atoms with Gasteiger partial charge in [0.1, 0.15) is 6.10 Å². The van der Waals surface area contributed by atoms with Gasteiger partial charge in [-0.05, 0) is 79.3 Å². The number of cyclic esters (lactones) is 1. The molecular formula is C31H35N5O3. The highest BCUT2D eigenvalue weighted by atomic mass is 16.6. The molecule has 0 bridgehead atoms. The van der Waals surface area contributed by atoms with E-state index >= 15 is 0 Å². The molecule has 0 spiro atoms. The van der Waals surface area contributed by atoms with Gasteiger partial charge in [0.05, 0.1) is 24.5 Å². The molecule has 2 saturated carbocycles. The number of amides is 2. The summed E-state index contributed by atoms with van der Waals surface area (Å²) in [5.74, 6) is 1.31. The second-order valence-corrected chi connectivity index (χ2v) is 10.9. The molecule has 202 valence electrons. The van der Waals surface area contributed by atoms with Crippen molar-refractivity contribution < 1.29 is 14.3 Å². The third-order valence-electron chi connectivity index (χ3n) is 7.78. The molecule has 2 unspecified atom stereocenters. The van der Waals surface area contributed by atoms with Crippen LogP contribution in [-0.2, 0) is 11.3 Å². The monoisotopic (exact) mass is 525 g/mol. The normalized spacial score (nSPS) is 21.9. The van der Waals surface area contributed by atoms with Crippen molar-refractivity contribution in [3.63, 3.8) is 0 Å². The second-order valence-electron chi connectivity index (χ2n) is 10.9. The topological polar surface area (TPSA) is 109 Å². The fraction of sp³-hybridized carbons (Fsp3) is 0.355. The van der Waals surface area contributed by atoms with Crippen molar-refractivity contribution >= 4 is 29.1 Å². The maximum absolute atomic E-state index is 12.6. The standard InChI is InChI=1S/C31H35N5O3/c32-27-3-1-2-4-28(27)35-30(37)23-9-7-21(8-10-23)18-36-19-25(39-31(36)38)17-33-24-13-11-22(12-14-24)26-15-29(26)34-16-20-5-6-20/h1-4,7-14,20,25-26,29,33-34H,5-6,15-19,32H2,(H,35,37)/t25?,26-,29?/m1/s1. The minimum atomic E-state index is -0.322. The minimum absolute atomic E-state index is 0.224. The van der Waals surface area contributed by atoms with Gasteiger partial charge in [0.15, 0.2) is 0 Å². The Hall–Kier alpha value is -4.04. The summed E-state index contributed by atoms with van der Waals surface area (Å²) in [5.41, 5.74) is 10.9. The Morgan fingerprint density at radius 3 is 2.49 bits per heavy atom. The number of anilines is 3. The molecule has 3 aromatic rings. The minimum Gasteiger partial charge on any atom is -0.442 e. The van der Waals surface area contributed by atoms with Crippen molar-refractivity contribution in [1.29, 1.82) is 0 Å². The van der Waals surface area contributed by atoms with E-state index in [1.165, 1.54) is 31.4 Å². The first-order valence-electron chi connectivity index (χ1n) is 13.8. The highest BCUT2D eigenvalue weighted by Crippen LogP contribution is 2.42. The van der Waals surface area contributed by atoms with Gasteiger partial charge >= 0.3 is 6.09 Å². The van der Waals surface area contributed by atoms with E-state index in [1.54, 1.807) is 29.2 Å². The van der Waals surface area contributed by atoms with E-state index in [0.717, 1.165) is 17.2 Å². The van der Waals surface area contributed by atoms with Crippen LogP contribution in [-0.4, -0.2) is 48.7 Å². The van der Waals surface area contributed by atoms with Crippen molar-refractivity contribution in [2.24, 2.45) is 5.92 Å². The van der Waals surface area contributed by atoms with Gasteiger partial charge in [-0.25, -0.2) is 4.79 Å². The molecule has 39 heavy (non-hydrogen) atoms. The van der Waals surface area contributed by atoms with Crippen LogP contribution in [0.4, 0.5) is 21.9 Å². The van der Waals surface area contributed by atoms with Crippen molar-refractivity contribution in [3.8, 4) is 0 Å². The van der Waals surface area contributed by atoms with Gasteiger partial charge in [-0.3, -0.25) is 4.79 Å². The van der Waals surface area contributed by atoms with Gasteiger partial charge in [0.2, 0.25) is 0 Å². The Morgan fingerprint density at radius 2 is 1.74 bits per heavy atom. The van der Waals surface area contributed by atoms with Crippen LogP contribution in [0.3, 0.4) is 0 Å². The van der Waals surface area contributed by atoms with Crippen LogP contribution in [0.1, 0.15) is 46.7 Å². The number of rotatable bonds is 11. The lowest BCUT2D eigenvalue weighted by atomic mass is 10.1. The third kappa shape index (κ3) is 6.34. The van der Waals surface area contributed by atoms with Gasteiger partial charge in [0, 0.05) is 29.8 Å². The zero-order valence-corrected chi connectivity index (χ0v) is 21.9. The summed E-state index contributed by atoms with van der Waals surface area (Å²) in [6.07, 6.45) is 3.46. The molecule has 2 aliphatic carbocycles. The molecule has 0 aromatic heterocycles. The Kier molecular flexibility index (Phi) is 7.11. The average Bonchev–Trinajstić information content (AvgIpc) is 3.87. The largest absolute Gasteiger partial charge is 0.442 e. The van der Waals surface area contributed by atoms with E-state index in [9.17, 15) is 9.59 Å². The number of nitrogens with zero attached hydrogens (tertiary/aromatic N) is 1. The molecule has 3 fully saturated rings. The van der Waals surface area contributed by atoms with E-state index in [0.29, 0.717) is 48.5 Å². The zero-order chi connectivity index (χ0) is 26.8. The van der Waals surface area contributed by atoms with E-state index in [2.05, 4.69) is 40.2 Å². The highest BCUT2D eigenvalue weighted by molar-refractivity contribution is 6.05. The van der Waals surface area contributed by atoms with Gasteiger partial charge in [-0.15, -0.1) is 0 Å². The summed E-state index contributed by atoms with van der Waals surface area (Å²) in [6.45, 7) is 2.66. The predicted molar refractivity (Wildman–Crippen MR) is 153 cm³/mol. The first-order chi connectivity index (χ1) is 19.0. The molecule has 0 radical (unpaired) electrons. The number of nitrogens with one attached hydrogen (secondary N) is 3. The van der Waals surface area contributed by atoms with Gasteiger partial charge in [-0.1, -0.05) is 36.4 Å². The fourth-order valence-corrected chi connectivity index (χ4v) is 5.11. The Balaban J connectivity index is 0.950. The van der Waals surface area contributed by atoms with Crippen LogP contribution in [0, 0.1) is 5.92 Å². The van der Waals surface area contributed by atoms with Crippen LogP contribution in [0.25, 0.3) is 0 Å². The van der Waals surface area contributed by atoms with Crippen LogP contribution in [0.15, 0.2) is 72.8 Å². The number of ether oxygens (including phenoxy) is 1. The summed E-state index contributed by atoms with van der Waals surface area (Å²) in [4.78, 5) is 26.7. The lowest BCUT2D eigenvalue weighted by molar-refractivity contribution is 0.102. The number of hydrogen-bond donors (Lipinski definition) is 4. The van der Waals surface area contributed by atoms with E-state index in [-0.39, 0.29) is 18.1 Å². The smallest absolute Gasteiger partial charge is 0.410 e. The van der Waals surface area contributed by atoms with Crippen molar-refractivity contribution in [2.75, 3.05) is 36.0 Å². The maximum atomic E-state index is 12.6. The molecule has 6 rings (SSSR count). The molecule has 1 saturated heterocycles. The van der Waals surface area contributed by atoms with Gasteiger partial charge in [-0.2, -0.15) is 0 Å². The van der Waals surface area contributed by atoms with E-state index in [4.69, 9.17) is 10.5 Å². The summed E-state index contributed by atoms with van der Waals surface area (Å²) in [6, 6.07) is 23.6. The molecule has 8 heteroatoms. The Labute approximate surface area is 228 Å².